The van der Waals surface area contributed by atoms with E-state index < -0.39 is 0 Å². The summed E-state index contributed by atoms with van der Waals surface area (Å²) >= 11 is 3.57. The summed E-state index contributed by atoms with van der Waals surface area (Å²) in [4.78, 5) is 4.25. The van der Waals surface area contributed by atoms with E-state index in [1.807, 2.05) is 41.4 Å². The molecule has 1 fully saturated rings. The number of halogens is 1. The standard InChI is InChI=1S/C14H16BrN3O/c15-11-3-1-2-4-12(11)18-9-17-7-13(18)14(16)10-5-6-19-8-10/h1-4,7,9-10,14H,5-6,8,16H2. The minimum Gasteiger partial charge on any atom is -0.381 e. The number of benzene rings is 1. The number of para-hydroxylation sites is 1. The lowest BCUT2D eigenvalue weighted by molar-refractivity contribution is 0.180. The second-order valence-corrected chi connectivity index (χ2v) is 5.64. The molecule has 19 heavy (non-hydrogen) atoms. The summed E-state index contributed by atoms with van der Waals surface area (Å²) < 4.78 is 8.51. The van der Waals surface area contributed by atoms with E-state index in [-0.39, 0.29) is 6.04 Å². The molecule has 5 heteroatoms. The predicted molar refractivity (Wildman–Crippen MR) is 77.1 cm³/mol. The molecule has 0 spiro atoms. The largest absolute Gasteiger partial charge is 0.381 e. The van der Waals surface area contributed by atoms with Gasteiger partial charge in [0.25, 0.3) is 0 Å². The van der Waals surface area contributed by atoms with E-state index in [1.165, 1.54) is 0 Å². The van der Waals surface area contributed by atoms with Crippen molar-refractivity contribution in [1.82, 2.24) is 9.55 Å². The maximum Gasteiger partial charge on any atom is 0.0995 e. The van der Waals surface area contributed by atoms with Crippen LogP contribution in [0.1, 0.15) is 18.2 Å². The number of aromatic nitrogens is 2. The van der Waals surface area contributed by atoms with E-state index in [9.17, 15) is 0 Å². The van der Waals surface area contributed by atoms with Crippen molar-refractivity contribution >= 4 is 15.9 Å². The average Bonchev–Trinajstić information content (AvgIpc) is 3.10. The zero-order chi connectivity index (χ0) is 13.2. The van der Waals surface area contributed by atoms with E-state index >= 15 is 0 Å². The summed E-state index contributed by atoms with van der Waals surface area (Å²) in [5, 5.41) is 0. The van der Waals surface area contributed by atoms with Crippen molar-refractivity contribution in [2.45, 2.75) is 12.5 Å². The molecule has 1 aliphatic heterocycles. The van der Waals surface area contributed by atoms with Gasteiger partial charge in [0.15, 0.2) is 0 Å². The second kappa shape index (κ2) is 5.45. The van der Waals surface area contributed by atoms with E-state index in [4.69, 9.17) is 10.5 Å². The van der Waals surface area contributed by atoms with E-state index in [0.29, 0.717) is 5.92 Å². The molecule has 1 aromatic heterocycles. The molecular weight excluding hydrogens is 306 g/mol. The van der Waals surface area contributed by atoms with Crippen molar-refractivity contribution in [3.63, 3.8) is 0 Å². The lowest BCUT2D eigenvalue weighted by Crippen LogP contribution is -2.24. The Kier molecular flexibility index (Phi) is 3.68. The molecule has 0 saturated carbocycles. The molecule has 2 N–H and O–H groups in total. The number of imidazole rings is 1. The van der Waals surface area contributed by atoms with Gasteiger partial charge in [0.1, 0.15) is 0 Å². The number of hydrogen-bond acceptors (Lipinski definition) is 3. The summed E-state index contributed by atoms with van der Waals surface area (Å²) in [5.74, 6) is 0.373. The van der Waals surface area contributed by atoms with Crippen LogP contribution in [0.5, 0.6) is 0 Å². The minimum absolute atomic E-state index is 0.0443. The van der Waals surface area contributed by atoms with Gasteiger partial charge < -0.3 is 15.0 Å². The summed E-state index contributed by atoms with van der Waals surface area (Å²) in [7, 11) is 0. The highest BCUT2D eigenvalue weighted by molar-refractivity contribution is 9.10. The second-order valence-electron chi connectivity index (χ2n) is 4.79. The van der Waals surface area contributed by atoms with Crippen molar-refractivity contribution in [3.8, 4) is 5.69 Å². The number of rotatable bonds is 3. The summed E-state index contributed by atoms with van der Waals surface area (Å²) in [6, 6.07) is 8.02. The lowest BCUT2D eigenvalue weighted by atomic mass is 9.97. The van der Waals surface area contributed by atoms with Crippen LogP contribution in [0, 0.1) is 5.92 Å². The molecule has 2 unspecified atom stereocenters. The van der Waals surface area contributed by atoms with Gasteiger partial charge in [-0.05, 0) is 34.5 Å². The Labute approximate surface area is 120 Å². The van der Waals surface area contributed by atoms with Gasteiger partial charge in [-0.3, -0.25) is 0 Å². The van der Waals surface area contributed by atoms with Gasteiger partial charge in [0.05, 0.1) is 36.6 Å². The van der Waals surface area contributed by atoms with Gasteiger partial charge in [-0.25, -0.2) is 4.98 Å². The van der Waals surface area contributed by atoms with Crippen molar-refractivity contribution in [2.24, 2.45) is 11.7 Å². The van der Waals surface area contributed by atoms with Crippen LogP contribution >= 0.6 is 15.9 Å². The molecule has 0 bridgehead atoms. The van der Waals surface area contributed by atoms with E-state index in [2.05, 4.69) is 20.9 Å². The average molecular weight is 322 g/mol. The molecule has 1 aliphatic rings. The van der Waals surface area contributed by atoms with Crippen LogP contribution in [0.25, 0.3) is 5.69 Å². The quantitative estimate of drug-likeness (QED) is 0.945. The predicted octanol–water partition coefficient (Wildman–Crippen LogP) is 2.67. The minimum atomic E-state index is -0.0443. The Hall–Kier alpha value is -1.17. The maximum absolute atomic E-state index is 6.38. The zero-order valence-electron chi connectivity index (χ0n) is 10.5. The van der Waals surface area contributed by atoms with Crippen molar-refractivity contribution in [3.05, 3.63) is 47.0 Å². The van der Waals surface area contributed by atoms with Gasteiger partial charge in [-0.15, -0.1) is 0 Å². The smallest absolute Gasteiger partial charge is 0.0995 e. The first kappa shape index (κ1) is 12.8. The molecule has 0 aliphatic carbocycles. The topological polar surface area (TPSA) is 53.1 Å². The van der Waals surface area contributed by atoms with Crippen LogP contribution in [-0.4, -0.2) is 22.8 Å². The molecule has 2 aromatic rings. The van der Waals surface area contributed by atoms with Crippen LogP contribution in [0.4, 0.5) is 0 Å². The molecule has 1 saturated heterocycles. The summed E-state index contributed by atoms with van der Waals surface area (Å²) in [6.07, 6.45) is 4.68. The molecule has 4 nitrogen and oxygen atoms in total. The monoisotopic (exact) mass is 321 g/mol. The Balaban J connectivity index is 1.96. The first-order valence-corrected chi connectivity index (χ1v) is 7.17. The molecule has 2 heterocycles. The highest BCUT2D eigenvalue weighted by Gasteiger charge is 2.26. The van der Waals surface area contributed by atoms with Crippen LogP contribution in [-0.2, 0) is 4.74 Å². The molecular formula is C14H16BrN3O. The van der Waals surface area contributed by atoms with Crippen LogP contribution in [0.15, 0.2) is 41.3 Å². The van der Waals surface area contributed by atoms with Crippen LogP contribution in [0.2, 0.25) is 0 Å². The number of hydrogen-bond donors (Lipinski definition) is 1. The fourth-order valence-corrected chi connectivity index (χ4v) is 2.95. The number of nitrogens with two attached hydrogens (primary N) is 1. The highest BCUT2D eigenvalue weighted by Crippen LogP contribution is 2.29. The molecule has 0 amide bonds. The third-order valence-electron chi connectivity index (χ3n) is 3.59. The fraction of sp³-hybridized carbons (Fsp3) is 0.357. The first-order valence-electron chi connectivity index (χ1n) is 6.38. The van der Waals surface area contributed by atoms with Gasteiger partial charge in [0.2, 0.25) is 0 Å². The first-order chi connectivity index (χ1) is 9.27. The third-order valence-corrected chi connectivity index (χ3v) is 4.26. The summed E-state index contributed by atoms with van der Waals surface area (Å²) in [5.41, 5.74) is 8.47. The van der Waals surface area contributed by atoms with E-state index in [0.717, 1.165) is 35.5 Å². The summed E-state index contributed by atoms with van der Waals surface area (Å²) in [6.45, 7) is 1.55. The third kappa shape index (κ3) is 2.45. The van der Waals surface area contributed by atoms with Gasteiger partial charge >= 0.3 is 0 Å². The molecule has 100 valence electrons. The SMILES string of the molecule is NC(c1cncn1-c1ccccc1Br)C1CCOC1. The fourth-order valence-electron chi connectivity index (χ4n) is 2.48. The molecule has 0 radical (unpaired) electrons. The van der Waals surface area contributed by atoms with Crippen molar-refractivity contribution in [1.29, 1.82) is 0 Å². The van der Waals surface area contributed by atoms with Gasteiger partial charge in [-0.1, -0.05) is 12.1 Å². The molecule has 3 rings (SSSR count). The Bertz CT molecular complexity index is 563. The number of nitrogens with zero attached hydrogens (tertiary/aromatic N) is 2. The maximum atomic E-state index is 6.38. The van der Waals surface area contributed by atoms with Crippen LogP contribution in [0.3, 0.4) is 0 Å². The van der Waals surface area contributed by atoms with Crippen LogP contribution < -0.4 is 5.73 Å². The van der Waals surface area contributed by atoms with Crippen molar-refractivity contribution in [2.75, 3.05) is 13.2 Å². The highest BCUT2D eigenvalue weighted by atomic mass is 79.9. The van der Waals surface area contributed by atoms with Gasteiger partial charge in [-0.2, -0.15) is 0 Å². The lowest BCUT2D eigenvalue weighted by Gasteiger charge is -2.20. The van der Waals surface area contributed by atoms with Gasteiger partial charge in [0, 0.05) is 17.0 Å². The molecule has 2 atom stereocenters. The number of ether oxygens (including phenoxy) is 1. The molecule has 1 aromatic carbocycles. The zero-order valence-corrected chi connectivity index (χ0v) is 12.1. The Morgan fingerprint density at radius 1 is 1.42 bits per heavy atom. The van der Waals surface area contributed by atoms with E-state index in [1.54, 1.807) is 0 Å². The van der Waals surface area contributed by atoms with Crippen molar-refractivity contribution < 1.29 is 4.74 Å². The Morgan fingerprint density at radius 2 is 2.26 bits per heavy atom. The normalized spacial score (nSPS) is 20.6. The Morgan fingerprint density at radius 3 is 3.00 bits per heavy atom.